The van der Waals surface area contributed by atoms with Gasteiger partial charge in [-0.1, -0.05) is 0 Å². The Morgan fingerprint density at radius 3 is 2.79 bits per heavy atom. The Bertz CT molecular complexity index is 494. The molecule has 4 nitrogen and oxygen atoms in total. The van der Waals surface area contributed by atoms with Crippen molar-refractivity contribution >= 4 is 5.97 Å². The summed E-state index contributed by atoms with van der Waals surface area (Å²) in [5.74, 6) is -3.14. The van der Waals surface area contributed by atoms with Crippen LogP contribution in [0.1, 0.15) is 30.9 Å². The summed E-state index contributed by atoms with van der Waals surface area (Å²) in [5.41, 5.74) is 0.412. The second kappa shape index (κ2) is 5.03. The van der Waals surface area contributed by atoms with E-state index in [0.717, 1.165) is 6.92 Å². The molecule has 0 fully saturated rings. The van der Waals surface area contributed by atoms with Crippen LogP contribution in [0.25, 0.3) is 0 Å². The molecule has 1 aromatic carbocycles. The number of carbonyl (C=O) groups is 1. The van der Waals surface area contributed by atoms with E-state index in [0.29, 0.717) is 29.9 Å². The topological polar surface area (TPSA) is 55.8 Å². The number of aryl methyl sites for hydroxylation is 1. The van der Waals surface area contributed by atoms with Crippen LogP contribution in [0, 0.1) is 0 Å². The van der Waals surface area contributed by atoms with Crippen LogP contribution >= 0.6 is 0 Å². The van der Waals surface area contributed by atoms with Crippen molar-refractivity contribution in [1.82, 2.24) is 0 Å². The van der Waals surface area contributed by atoms with E-state index in [4.69, 9.17) is 14.6 Å². The number of halogens is 2. The van der Waals surface area contributed by atoms with Gasteiger partial charge in [0.2, 0.25) is 6.79 Å². The van der Waals surface area contributed by atoms with Gasteiger partial charge < -0.3 is 14.6 Å². The number of carboxylic acid groups (broad SMARTS) is 1. The summed E-state index contributed by atoms with van der Waals surface area (Å²) >= 11 is 0. The summed E-state index contributed by atoms with van der Waals surface area (Å²) in [4.78, 5) is 10.5. The molecule has 6 heteroatoms. The molecule has 1 N–H and O–H groups in total. The highest BCUT2D eigenvalue weighted by Crippen LogP contribution is 2.41. The average Bonchev–Trinajstić information content (AvgIpc) is 2.75. The van der Waals surface area contributed by atoms with E-state index in [1.54, 1.807) is 0 Å². The third-order valence-electron chi connectivity index (χ3n) is 2.89. The second-order valence-corrected chi connectivity index (χ2v) is 4.50. The zero-order valence-electron chi connectivity index (χ0n) is 10.4. The minimum Gasteiger partial charge on any atom is -0.481 e. The molecule has 0 saturated heterocycles. The molecule has 0 saturated carbocycles. The molecule has 0 spiro atoms. The van der Waals surface area contributed by atoms with Crippen LogP contribution in [0.4, 0.5) is 8.78 Å². The van der Waals surface area contributed by atoms with E-state index in [2.05, 4.69) is 0 Å². The second-order valence-electron chi connectivity index (χ2n) is 4.50. The molecule has 1 aromatic rings. The minimum atomic E-state index is -2.97. The van der Waals surface area contributed by atoms with E-state index < -0.39 is 11.9 Å². The molecule has 1 heterocycles. The Hall–Kier alpha value is -1.85. The number of fused-ring (bicyclic) bond motifs is 1. The average molecular weight is 272 g/mol. The monoisotopic (exact) mass is 272 g/mol. The van der Waals surface area contributed by atoms with Crippen molar-refractivity contribution in [3.05, 3.63) is 23.3 Å². The van der Waals surface area contributed by atoms with Gasteiger partial charge >= 0.3 is 5.97 Å². The fourth-order valence-corrected chi connectivity index (χ4v) is 1.95. The molecule has 0 amide bonds. The van der Waals surface area contributed by atoms with Gasteiger partial charge in [-0.05, 0) is 30.5 Å². The summed E-state index contributed by atoms with van der Waals surface area (Å²) in [7, 11) is 0. The summed E-state index contributed by atoms with van der Waals surface area (Å²) in [6.07, 6.45) is 0.716. The van der Waals surface area contributed by atoms with Crippen LogP contribution in [-0.4, -0.2) is 17.9 Å². The predicted molar refractivity (Wildman–Crippen MR) is 62.7 cm³/mol. The Morgan fingerprint density at radius 1 is 1.42 bits per heavy atom. The molecule has 19 heavy (non-hydrogen) atoms. The first-order valence-electron chi connectivity index (χ1n) is 5.90. The summed E-state index contributed by atoms with van der Waals surface area (Å²) in [6.45, 7) is 0.811. The maximum Gasteiger partial charge on any atom is 0.303 e. The van der Waals surface area contributed by atoms with Crippen molar-refractivity contribution in [1.29, 1.82) is 0 Å². The third-order valence-corrected chi connectivity index (χ3v) is 2.89. The lowest BCUT2D eigenvalue weighted by atomic mass is 10.0. The number of ether oxygens (including phenoxy) is 2. The van der Waals surface area contributed by atoms with E-state index in [1.807, 2.05) is 0 Å². The number of carboxylic acids is 1. The van der Waals surface area contributed by atoms with Crippen molar-refractivity contribution in [2.24, 2.45) is 0 Å². The first-order valence-corrected chi connectivity index (χ1v) is 5.90. The number of alkyl halides is 2. The Morgan fingerprint density at radius 2 is 2.16 bits per heavy atom. The summed E-state index contributed by atoms with van der Waals surface area (Å²) in [6, 6.07) is 2.62. The number of aliphatic carboxylic acids is 1. The largest absolute Gasteiger partial charge is 0.481 e. The molecular formula is C13H14F2O4. The zero-order valence-corrected chi connectivity index (χ0v) is 10.4. The fourth-order valence-electron chi connectivity index (χ4n) is 1.95. The molecule has 0 aromatic heterocycles. The summed E-state index contributed by atoms with van der Waals surface area (Å²) < 4.78 is 37.1. The molecule has 0 aliphatic carbocycles. The quantitative estimate of drug-likeness (QED) is 0.895. The Kier molecular flexibility index (Phi) is 3.59. The SMILES string of the molecule is CC(F)(F)c1cc(CCCC(=O)O)c2c(c1)OCO2. The van der Waals surface area contributed by atoms with Gasteiger partial charge in [0.05, 0.1) is 0 Å². The fraction of sp³-hybridized carbons (Fsp3) is 0.462. The lowest BCUT2D eigenvalue weighted by Crippen LogP contribution is -2.08. The number of hydrogen-bond acceptors (Lipinski definition) is 3. The van der Waals surface area contributed by atoms with Gasteiger partial charge in [0.25, 0.3) is 5.92 Å². The highest BCUT2D eigenvalue weighted by atomic mass is 19.3. The number of hydrogen-bond donors (Lipinski definition) is 1. The highest BCUT2D eigenvalue weighted by molar-refractivity contribution is 5.66. The normalized spacial score (nSPS) is 13.6. The predicted octanol–water partition coefficient (Wildman–Crippen LogP) is 2.93. The number of rotatable bonds is 5. The van der Waals surface area contributed by atoms with Crippen molar-refractivity contribution in [3.8, 4) is 11.5 Å². The maximum absolute atomic E-state index is 13.4. The van der Waals surface area contributed by atoms with Gasteiger partial charge in [0, 0.05) is 18.9 Å². The van der Waals surface area contributed by atoms with E-state index in [-0.39, 0.29) is 18.8 Å². The Balaban J connectivity index is 2.25. The maximum atomic E-state index is 13.4. The molecule has 1 aliphatic rings. The molecule has 0 bridgehead atoms. The molecule has 0 atom stereocenters. The number of benzene rings is 1. The van der Waals surface area contributed by atoms with E-state index in [1.165, 1.54) is 12.1 Å². The Labute approximate surface area is 108 Å². The van der Waals surface area contributed by atoms with Gasteiger partial charge in [-0.2, -0.15) is 0 Å². The van der Waals surface area contributed by atoms with Crippen LogP contribution in [0.5, 0.6) is 11.5 Å². The third kappa shape index (κ3) is 3.13. The first-order chi connectivity index (χ1) is 8.88. The van der Waals surface area contributed by atoms with E-state index in [9.17, 15) is 13.6 Å². The van der Waals surface area contributed by atoms with Crippen LogP contribution < -0.4 is 9.47 Å². The van der Waals surface area contributed by atoms with Gasteiger partial charge in [-0.25, -0.2) is 8.78 Å². The molecule has 0 radical (unpaired) electrons. The van der Waals surface area contributed by atoms with Crippen LogP contribution in [0.2, 0.25) is 0 Å². The van der Waals surface area contributed by atoms with Crippen molar-refractivity contribution < 1.29 is 28.2 Å². The van der Waals surface area contributed by atoms with Crippen molar-refractivity contribution in [2.75, 3.05) is 6.79 Å². The zero-order chi connectivity index (χ0) is 14.0. The standard InChI is InChI=1S/C13H14F2O4/c1-13(14,15)9-5-8(3-2-4-11(16)17)12-10(6-9)18-7-19-12/h5-6H,2-4,7H2,1H3,(H,16,17). The first kappa shape index (κ1) is 13.6. The minimum absolute atomic E-state index is 0.00000291. The lowest BCUT2D eigenvalue weighted by molar-refractivity contribution is -0.137. The van der Waals surface area contributed by atoms with Crippen LogP contribution in [-0.2, 0) is 17.1 Å². The van der Waals surface area contributed by atoms with Crippen LogP contribution in [0.15, 0.2) is 12.1 Å². The van der Waals surface area contributed by atoms with Crippen LogP contribution in [0.3, 0.4) is 0 Å². The highest BCUT2D eigenvalue weighted by Gasteiger charge is 2.29. The molecule has 2 rings (SSSR count). The smallest absolute Gasteiger partial charge is 0.303 e. The van der Waals surface area contributed by atoms with Crippen molar-refractivity contribution in [2.45, 2.75) is 32.1 Å². The summed E-state index contributed by atoms with van der Waals surface area (Å²) in [5, 5.41) is 8.59. The lowest BCUT2D eigenvalue weighted by Gasteiger charge is -2.14. The van der Waals surface area contributed by atoms with Gasteiger partial charge in [-0.15, -0.1) is 0 Å². The van der Waals surface area contributed by atoms with Crippen molar-refractivity contribution in [3.63, 3.8) is 0 Å². The molecule has 1 aliphatic heterocycles. The van der Waals surface area contributed by atoms with Gasteiger partial charge in [0.15, 0.2) is 11.5 Å². The molecule has 104 valence electrons. The van der Waals surface area contributed by atoms with Gasteiger partial charge in [0.1, 0.15) is 0 Å². The molecular weight excluding hydrogens is 258 g/mol. The van der Waals surface area contributed by atoms with Gasteiger partial charge in [-0.3, -0.25) is 4.79 Å². The van der Waals surface area contributed by atoms with E-state index >= 15 is 0 Å². The molecule has 0 unspecified atom stereocenters.